The lowest BCUT2D eigenvalue weighted by Gasteiger charge is -2.08. The largest absolute Gasteiger partial charge is 0.321 e. The highest BCUT2D eigenvalue weighted by molar-refractivity contribution is 9.10. The molecule has 5 nitrogen and oxygen atoms in total. The van der Waals surface area contributed by atoms with Crippen molar-refractivity contribution < 1.29 is 9.72 Å². The van der Waals surface area contributed by atoms with E-state index in [1.54, 1.807) is 18.2 Å². The minimum atomic E-state index is -0.584. The van der Waals surface area contributed by atoms with Crippen LogP contribution in [0.25, 0.3) is 0 Å². The summed E-state index contributed by atoms with van der Waals surface area (Å²) >= 11 is 15.2. The van der Waals surface area contributed by atoms with Crippen molar-refractivity contribution in [1.82, 2.24) is 0 Å². The van der Waals surface area contributed by atoms with E-state index in [-0.39, 0.29) is 16.3 Å². The Bertz CT molecular complexity index is 737. The van der Waals surface area contributed by atoms with Gasteiger partial charge in [0.2, 0.25) is 0 Å². The highest BCUT2D eigenvalue weighted by Gasteiger charge is 2.16. The number of nitrogens with zero attached hydrogens (tertiary/aromatic N) is 1. The van der Waals surface area contributed by atoms with E-state index in [1.165, 1.54) is 12.1 Å². The van der Waals surface area contributed by atoms with Gasteiger partial charge in [0.15, 0.2) is 0 Å². The van der Waals surface area contributed by atoms with Gasteiger partial charge in [0, 0.05) is 16.6 Å². The van der Waals surface area contributed by atoms with Gasteiger partial charge < -0.3 is 5.32 Å². The highest BCUT2D eigenvalue weighted by Crippen LogP contribution is 2.28. The van der Waals surface area contributed by atoms with Crippen molar-refractivity contribution in [2.75, 3.05) is 5.32 Å². The number of hydrogen-bond acceptors (Lipinski definition) is 3. The minimum Gasteiger partial charge on any atom is -0.321 e. The number of carbonyl (C=O) groups excluding carboxylic acids is 1. The normalized spacial score (nSPS) is 10.2. The molecule has 0 saturated carbocycles. The molecule has 2 aromatic rings. The Morgan fingerprint density at radius 3 is 2.43 bits per heavy atom. The molecule has 0 saturated heterocycles. The van der Waals surface area contributed by atoms with Crippen molar-refractivity contribution in [3.63, 3.8) is 0 Å². The Labute approximate surface area is 138 Å². The van der Waals surface area contributed by atoms with Gasteiger partial charge in [-0.2, -0.15) is 0 Å². The summed E-state index contributed by atoms with van der Waals surface area (Å²) in [5, 5.41) is 13.6. The Morgan fingerprint density at radius 1 is 1.14 bits per heavy atom. The SMILES string of the molecule is O=C(Nc1ccc(Br)cc1Cl)c1ccc([N+](=O)[O-])cc1Cl. The fourth-order valence-corrected chi connectivity index (χ4v) is 2.56. The molecule has 1 amide bonds. The van der Waals surface area contributed by atoms with E-state index in [0.717, 1.165) is 10.5 Å². The summed E-state index contributed by atoms with van der Waals surface area (Å²) in [7, 11) is 0. The maximum Gasteiger partial charge on any atom is 0.270 e. The summed E-state index contributed by atoms with van der Waals surface area (Å²) in [6.07, 6.45) is 0. The molecule has 8 heteroatoms. The summed E-state index contributed by atoms with van der Waals surface area (Å²) in [6.45, 7) is 0. The molecule has 2 aromatic carbocycles. The molecule has 0 radical (unpaired) electrons. The molecule has 0 atom stereocenters. The van der Waals surface area contributed by atoms with Crippen LogP contribution >= 0.6 is 39.1 Å². The molecule has 0 aliphatic rings. The number of nitro groups is 1. The van der Waals surface area contributed by atoms with E-state index in [1.807, 2.05) is 0 Å². The summed E-state index contributed by atoms with van der Waals surface area (Å²) in [4.78, 5) is 22.2. The van der Waals surface area contributed by atoms with E-state index in [4.69, 9.17) is 23.2 Å². The number of anilines is 1. The molecule has 2 rings (SSSR count). The van der Waals surface area contributed by atoms with E-state index in [2.05, 4.69) is 21.2 Å². The quantitative estimate of drug-likeness (QED) is 0.598. The number of nitro benzene ring substituents is 1. The van der Waals surface area contributed by atoms with Gasteiger partial charge in [0.25, 0.3) is 11.6 Å². The van der Waals surface area contributed by atoms with Crippen LogP contribution in [-0.2, 0) is 0 Å². The number of hydrogen-bond donors (Lipinski definition) is 1. The number of halogens is 3. The lowest BCUT2D eigenvalue weighted by molar-refractivity contribution is -0.384. The molecule has 0 spiro atoms. The molecule has 0 heterocycles. The minimum absolute atomic E-state index is 0.00469. The lowest BCUT2D eigenvalue weighted by Crippen LogP contribution is -2.12. The second-order valence-electron chi connectivity index (χ2n) is 4.00. The molecule has 108 valence electrons. The first-order valence-electron chi connectivity index (χ1n) is 5.59. The number of rotatable bonds is 3. The maximum atomic E-state index is 12.1. The molecular weight excluding hydrogens is 383 g/mol. The van der Waals surface area contributed by atoms with Gasteiger partial charge in [-0.1, -0.05) is 39.1 Å². The van der Waals surface area contributed by atoms with Gasteiger partial charge >= 0.3 is 0 Å². The zero-order valence-electron chi connectivity index (χ0n) is 10.3. The standard InChI is InChI=1S/C13H7BrCl2N2O3/c14-7-1-4-12(11(16)5-7)17-13(19)9-3-2-8(18(20)21)6-10(9)15/h1-6H,(H,17,19). The van der Waals surface area contributed by atoms with Crippen LogP contribution in [0.15, 0.2) is 40.9 Å². The summed E-state index contributed by atoms with van der Waals surface area (Å²) < 4.78 is 0.777. The van der Waals surface area contributed by atoms with Gasteiger partial charge in [-0.25, -0.2) is 0 Å². The Balaban J connectivity index is 2.26. The van der Waals surface area contributed by atoms with Crippen molar-refractivity contribution in [3.05, 3.63) is 66.6 Å². The van der Waals surface area contributed by atoms with Crippen LogP contribution in [-0.4, -0.2) is 10.8 Å². The molecule has 0 aliphatic heterocycles. The first-order valence-corrected chi connectivity index (χ1v) is 7.13. The topological polar surface area (TPSA) is 72.2 Å². The monoisotopic (exact) mass is 388 g/mol. The fraction of sp³-hybridized carbons (Fsp3) is 0. The van der Waals surface area contributed by atoms with Crippen LogP contribution in [0.3, 0.4) is 0 Å². The van der Waals surface area contributed by atoms with Gasteiger partial charge in [0.1, 0.15) is 0 Å². The highest BCUT2D eigenvalue weighted by atomic mass is 79.9. The van der Waals surface area contributed by atoms with E-state index >= 15 is 0 Å². The predicted octanol–water partition coefficient (Wildman–Crippen LogP) is 4.92. The molecule has 0 bridgehead atoms. The van der Waals surface area contributed by atoms with Gasteiger partial charge in [0.05, 0.1) is 26.2 Å². The van der Waals surface area contributed by atoms with E-state index < -0.39 is 10.8 Å². The van der Waals surface area contributed by atoms with Crippen molar-refractivity contribution in [2.45, 2.75) is 0 Å². The Hall–Kier alpha value is -1.63. The maximum absolute atomic E-state index is 12.1. The second-order valence-corrected chi connectivity index (χ2v) is 5.73. The predicted molar refractivity (Wildman–Crippen MR) is 85.2 cm³/mol. The van der Waals surface area contributed by atoms with Crippen molar-refractivity contribution in [2.24, 2.45) is 0 Å². The van der Waals surface area contributed by atoms with Crippen LogP contribution in [0.5, 0.6) is 0 Å². The zero-order chi connectivity index (χ0) is 15.6. The van der Waals surface area contributed by atoms with Crippen LogP contribution in [0.2, 0.25) is 10.0 Å². The van der Waals surface area contributed by atoms with Gasteiger partial charge in [-0.15, -0.1) is 0 Å². The van der Waals surface area contributed by atoms with Crippen LogP contribution < -0.4 is 5.32 Å². The molecule has 21 heavy (non-hydrogen) atoms. The average molecular weight is 390 g/mol. The molecular formula is C13H7BrCl2N2O3. The summed E-state index contributed by atoms with van der Waals surface area (Å²) in [5.74, 6) is -0.501. The first-order chi connectivity index (χ1) is 9.88. The van der Waals surface area contributed by atoms with E-state index in [9.17, 15) is 14.9 Å². The molecule has 0 unspecified atom stereocenters. The zero-order valence-corrected chi connectivity index (χ0v) is 13.4. The number of non-ortho nitro benzene ring substituents is 1. The number of nitrogens with one attached hydrogen (secondary N) is 1. The molecule has 1 N–H and O–H groups in total. The smallest absolute Gasteiger partial charge is 0.270 e. The van der Waals surface area contributed by atoms with Gasteiger partial charge in [-0.05, 0) is 24.3 Å². The second kappa shape index (κ2) is 6.43. The van der Waals surface area contributed by atoms with Gasteiger partial charge in [-0.3, -0.25) is 14.9 Å². The molecule has 0 aliphatic carbocycles. The van der Waals surface area contributed by atoms with Crippen molar-refractivity contribution in [1.29, 1.82) is 0 Å². The summed E-state index contributed by atoms with van der Waals surface area (Å²) in [6, 6.07) is 8.61. The number of benzene rings is 2. The summed E-state index contributed by atoms with van der Waals surface area (Å²) in [5.41, 5.74) is 0.360. The van der Waals surface area contributed by atoms with Crippen LogP contribution in [0, 0.1) is 10.1 Å². The van der Waals surface area contributed by atoms with Crippen LogP contribution in [0.1, 0.15) is 10.4 Å². The third-order valence-corrected chi connectivity index (χ3v) is 3.71. The average Bonchev–Trinajstić information content (AvgIpc) is 2.41. The van der Waals surface area contributed by atoms with E-state index in [0.29, 0.717) is 10.7 Å². The fourth-order valence-electron chi connectivity index (χ4n) is 1.58. The van der Waals surface area contributed by atoms with Crippen LogP contribution in [0.4, 0.5) is 11.4 Å². The molecule has 0 fully saturated rings. The Kier molecular flexibility index (Phi) is 4.82. The Morgan fingerprint density at radius 2 is 1.86 bits per heavy atom. The van der Waals surface area contributed by atoms with Crippen molar-refractivity contribution >= 4 is 56.4 Å². The number of carbonyl (C=O) groups is 1. The molecule has 0 aromatic heterocycles. The lowest BCUT2D eigenvalue weighted by atomic mass is 10.2. The van der Waals surface area contributed by atoms with Crippen molar-refractivity contribution in [3.8, 4) is 0 Å². The third kappa shape index (κ3) is 3.72. The first kappa shape index (κ1) is 15.8. The number of amides is 1. The third-order valence-electron chi connectivity index (χ3n) is 2.59.